The third kappa shape index (κ3) is 1.96. The van der Waals surface area contributed by atoms with Crippen LogP contribution in [0.2, 0.25) is 0 Å². The van der Waals surface area contributed by atoms with Crippen molar-refractivity contribution >= 4 is 23.2 Å². The summed E-state index contributed by atoms with van der Waals surface area (Å²) in [4.78, 5) is 37.7. The fourth-order valence-corrected chi connectivity index (χ4v) is 3.22. The molecule has 0 saturated heterocycles. The molecule has 1 amide bonds. The average Bonchev–Trinajstić information content (AvgIpc) is 3.03. The normalized spacial score (nSPS) is 18.8. The van der Waals surface area contributed by atoms with E-state index < -0.39 is 11.7 Å². The maximum absolute atomic E-state index is 12.3. The molecule has 0 radical (unpaired) electrons. The Morgan fingerprint density at radius 2 is 1.95 bits per heavy atom. The fourth-order valence-electron chi connectivity index (χ4n) is 3.22. The van der Waals surface area contributed by atoms with E-state index in [-0.39, 0.29) is 18.2 Å². The van der Waals surface area contributed by atoms with Gasteiger partial charge in [0.15, 0.2) is 5.78 Å². The highest BCUT2D eigenvalue weighted by molar-refractivity contribution is 6.52. The van der Waals surface area contributed by atoms with E-state index in [0.29, 0.717) is 11.3 Å². The van der Waals surface area contributed by atoms with Crippen LogP contribution in [0, 0.1) is 12.8 Å². The van der Waals surface area contributed by atoms with E-state index >= 15 is 0 Å². The SMILES string of the molecule is Cc1cccc2c1N(CC(=O)C1CCCC1)C(=O)C2=O. The lowest BCUT2D eigenvalue weighted by molar-refractivity contribution is -0.123. The summed E-state index contributed by atoms with van der Waals surface area (Å²) in [7, 11) is 0. The summed E-state index contributed by atoms with van der Waals surface area (Å²) in [5, 5.41) is 0. The lowest BCUT2D eigenvalue weighted by atomic mass is 10.0. The van der Waals surface area contributed by atoms with E-state index in [4.69, 9.17) is 0 Å². The van der Waals surface area contributed by atoms with Gasteiger partial charge in [-0.15, -0.1) is 0 Å². The second-order valence-electron chi connectivity index (χ2n) is 5.64. The molecular formula is C16H17NO3. The Kier molecular flexibility index (Phi) is 3.16. The highest BCUT2D eigenvalue weighted by Crippen LogP contribution is 2.33. The van der Waals surface area contributed by atoms with Gasteiger partial charge in [-0.2, -0.15) is 0 Å². The van der Waals surface area contributed by atoms with Crippen LogP contribution in [0.1, 0.15) is 41.6 Å². The summed E-state index contributed by atoms with van der Waals surface area (Å²) in [5.41, 5.74) is 1.91. The number of aryl methyl sites for hydroxylation is 1. The second kappa shape index (κ2) is 4.85. The first-order valence-corrected chi connectivity index (χ1v) is 7.08. The first kappa shape index (κ1) is 13.0. The average molecular weight is 271 g/mol. The van der Waals surface area contributed by atoms with Crippen LogP contribution < -0.4 is 4.90 Å². The van der Waals surface area contributed by atoms with Crippen LogP contribution in [0.4, 0.5) is 5.69 Å². The molecule has 1 heterocycles. The predicted octanol–water partition coefficient (Wildman–Crippen LogP) is 2.28. The smallest absolute Gasteiger partial charge is 0.297 e. The Labute approximate surface area is 117 Å². The van der Waals surface area contributed by atoms with Crippen LogP contribution in [-0.2, 0) is 9.59 Å². The Morgan fingerprint density at radius 3 is 2.65 bits per heavy atom. The molecule has 0 aromatic heterocycles. The molecule has 2 aliphatic rings. The molecule has 4 heteroatoms. The molecule has 1 saturated carbocycles. The number of rotatable bonds is 3. The molecule has 0 unspecified atom stereocenters. The van der Waals surface area contributed by atoms with Gasteiger partial charge in [-0.1, -0.05) is 25.0 Å². The molecule has 104 valence electrons. The summed E-state index contributed by atoms with van der Waals surface area (Å²) >= 11 is 0. The number of hydrogen-bond acceptors (Lipinski definition) is 3. The van der Waals surface area contributed by atoms with Crippen molar-refractivity contribution in [2.24, 2.45) is 5.92 Å². The van der Waals surface area contributed by atoms with Gasteiger partial charge in [-0.3, -0.25) is 19.3 Å². The van der Waals surface area contributed by atoms with Gasteiger partial charge >= 0.3 is 0 Å². The van der Waals surface area contributed by atoms with Crippen molar-refractivity contribution in [3.05, 3.63) is 29.3 Å². The van der Waals surface area contributed by atoms with E-state index in [0.717, 1.165) is 31.2 Å². The third-order valence-electron chi connectivity index (χ3n) is 4.32. The topological polar surface area (TPSA) is 54.5 Å². The number of fused-ring (bicyclic) bond motifs is 1. The zero-order valence-corrected chi connectivity index (χ0v) is 11.5. The van der Waals surface area contributed by atoms with E-state index in [1.165, 1.54) is 4.90 Å². The Hall–Kier alpha value is -1.97. The molecule has 1 fully saturated rings. The number of nitrogens with zero attached hydrogens (tertiary/aromatic N) is 1. The zero-order chi connectivity index (χ0) is 14.3. The molecule has 0 spiro atoms. The van der Waals surface area contributed by atoms with Gasteiger partial charge < -0.3 is 0 Å². The zero-order valence-electron chi connectivity index (χ0n) is 11.5. The largest absolute Gasteiger partial charge is 0.299 e. The fraction of sp³-hybridized carbons (Fsp3) is 0.438. The van der Waals surface area contributed by atoms with E-state index in [1.54, 1.807) is 12.1 Å². The summed E-state index contributed by atoms with van der Waals surface area (Å²) in [6.45, 7) is 1.89. The van der Waals surface area contributed by atoms with Crippen molar-refractivity contribution in [2.75, 3.05) is 11.4 Å². The van der Waals surface area contributed by atoms with Crippen molar-refractivity contribution in [1.29, 1.82) is 0 Å². The molecule has 3 rings (SSSR count). The van der Waals surface area contributed by atoms with Crippen LogP contribution >= 0.6 is 0 Å². The second-order valence-corrected chi connectivity index (χ2v) is 5.64. The summed E-state index contributed by atoms with van der Waals surface area (Å²) in [6.07, 6.45) is 3.99. The molecule has 1 aromatic rings. The minimum Gasteiger partial charge on any atom is -0.297 e. The third-order valence-corrected chi connectivity index (χ3v) is 4.32. The van der Waals surface area contributed by atoms with Gasteiger partial charge in [-0.25, -0.2) is 0 Å². The van der Waals surface area contributed by atoms with Gasteiger partial charge in [-0.05, 0) is 31.4 Å². The Bertz CT molecular complexity index is 600. The quantitative estimate of drug-likeness (QED) is 0.792. The minimum atomic E-state index is -0.569. The van der Waals surface area contributed by atoms with Crippen LogP contribution in [0.5, 0.6) is 0 Å². The lowest BCUT2D eigenvalue weighted by Crippen LogP contribution is -2.37. The van der Waals surface area contributed by atoms with Gasteiger partial charge in [0.2, 0.25) is 0 Å². The van der Waals surface area contributed by atoms with Crippen LogP contribution in [0.25, 0.3) is 0 Å². The number of benzene rings is 1. The van der Waals surface area contributed by atoms with Gasteiger partial charge in [0.1, 0.15) is 0 Å². The number of amides is 1. The highest BCUT2D eigenvalue weighted by atomic mass is 16.2. The number of anilines is 1. The molecule has 4 nitrogen and oxygen atoms in total. The van der Waals surface area contributed by atoms with Crippen LogP contribution in [0.15, 0.2) is 18.2 Å². The molecular weight excluding hydrogens is 254 g/mol. The first-order chi connectivity index (χ1) is 9.59. The summed E-state index contributed by atoms with van der Waals surface area (Å²) < 4.78 is 0. The summed E-state index contributed by atoms with van der Waals surface area (Å²) in [5.74, 6) is -0.922. The van der Waals surface area contributed by atoms with Crippen molar-refractivity contribution in [1.82, 2.24) is 0 Å². The van der Waals surface area contributed by atoms with E-state index in [9.17, 15) is 14.4 Å². The molecule has 0 N–H and O–H groups in total. The molecule has 0 atom stereocenters. The van der Waals surface area contributed by atoms with E-state index in [1.807, 2.05) is 13.0 Å². The molecule has 1 aliphatic carbocycles. The van der Waals surface area contributed by atoms with Crippen LogP contribution in [-0.4, -0.2) is 24.0 Å². The van der Waals surface area contributed by atoms with Gasteiger partial charge in [0.05, 0.1) is 17.8 Å². The number of ketones is 2. The van der Waals surface area contributed by atoms with Crippen molar-refractivity contribution in [2.45, 2.75) is 32.6 Å². The van der Waals surface area contributed by atoms with E-state index in [2.05, 4.69) is 0 Å². The van der Waals surface area contributed by atoms with Gasteiger partial charge in [0, 0.05) is 5.92 Å². The molecule has 20 heavy (non-hydrogen) atoms. The number of carbonyl (C=O) groups excluding carboxylic acids is 3. The Balaban J connectivity index is 1.89. The highest BCUT2D eigenvalue weighted by Gasteiger charge is 2.38. The number of para-hydroxylation sites is 1. The molecule has 1 aliphatic heterocycles. The predicted molar refractivity (Wildman–Crippen MR) is 74.8 cm³/mol. The van der Waals surface area contributed by atoms with Crippen LogP contribution in [0.3, 0.4) is 0 Å². The number of carbonyl (C=O) groups is 3. The number of hydrogen-bond donors (Lipinski definition) is 0. The van der Waals surface area contributed by atoms with Crippen molar-refractivity contribution in [3.8, 4) is 0 Å². The van der Waals surface area contributed by atoms with Gasteiger partial charge in [0.25, 0.3) is 11.7 Å². The lowest BCUT2D eigenvalue weighted by Gasteiger charge is -2.19. The maximum Gasteiger partial charge on any atom is 0.299 e. The monoisotopic (exact) mass is 271 g/mol. The minimum absolute atomic E-state index is 0.0348. The molecule has 0 bridgehead atoms. The maximum atomic E-state index is 12.3. The first-order valence-electron chi connectivity index (χ1n) is 7.08. The summed E-state index contributed by atoms with van der Waals surface area (Å²) in [6, 6.07) is 5.28. The molecule has 1 aromatic carbocycles. The Morgan fingerprint density at radius 1 is 1.25 bits per heavy atom. The van der Waals surface area contributed by atoms with Crippen molar-refractivity contribution < 1.29 is 14.4 Å². The van der Waals surface area contributed by atoms with Crippen molar-refractivity contribution in [3.63, 3.8) is 0 Å². The standard InChI is InChI=1S/C16H17NO3/c1-10-5-4-8-12-14(10)17(16(20)15(12)19)9-13(18)11-6-2-3-7-11/h4-5,8,11H,2-3,6-7,9H2,1H3. The number of Topliss-reactive ketones (excluding diaryl/α,β-unsaturated/α-hetero) is 2.